The third-order valence-corrected chi connectivity index (χ3v) is 2.44. The molecule has 0 fully saturated rings. The van der Waals surface area contributed by atoms with Crippen molar-refractivity contribution in [1.82, 2.24) is 5.32 Å². The van der Waals surface area contributed by atoms with Crippen LogP contribution in [0.5, 0.6) is 0 Å². The number of hydrogen-bond acceptors (Lipinski definition) is 3. The Balaban J connectivity index is 2.36. The molecule has 0 radical (unpaired) electrons. The van der Waals surface area contributed by atoms with Crippen molar-refractivity contribution >= 4 is 5.91 Å². The third-order valence-electron chi connectivity index (χ3n) is 2.44. The molecule has 0 bridgehead atoms. The summed E-state index contributed by atoms with van der Waals surface area (Å²) in [5, 5.41) is 11.9. The minimum Gasteiger partial charge on any atom is -0.392 e. The van der Waals surface area contributed by atoms with Gasteiger partial charge in [0.15, 0.2) is 0 Å². The van der Waals surface area contributed by atoms with Crippen LogP contribution in [-0.4, -0.2) is 24.2 Å². The fourth-order valence-corrected chi connectivity index (χ4v) is 1.48. The fourth-order valence-electron chi connectivity index (χ4n) is 1.48. The van der Waals surface area contributed by atoms with Crippen LogP contribution >= 0.6 is 0 Å². The van der Waals surface area contributed by atoms with Crippen molar-refractivity contribution in [3.05, 3.63) is 35.4 Å². The van der Waals surface area contributed by atoms with E-state index in [2.05, 4.69) is 5.32 Å². The molecule has 4 heteroatoms. The maximum Gasteiger partial charge on any atom is 0.222 e. The lowest BCUT2D eigenvalue weighted by atomic mass is 10.1. The zero-order valence-electron chi connectivity index (χ0n) is 10.1. The maximum atomic E-state index is 11.4. The van der Waals surface area contributed by atoms with Crippen LogP contribution in [0.3, 0.4) is 0 Å². The van der Waals surface area contributed by atoms with Crippen molar-refractivity contribution in [3.8, 4) is 0 Å². The lowest BCUT2D eigenvalue weighted by Crippen LogP contribution is -2.24. The number of amides is 1. The zero-order chi connectivity index (χ0) is 12.5. The van der Waals surface area contributed by atoms with Crippen LogP contribution in [0.2, 0.25) is 0 Å². The van der Waals surface area contributed by atoms with Crippen LogP contribution in [0.4, 0.5) is 0 Å². The molecule has 2 N–H and O–H groups in total. The molecule has 0 saturated heterocycles. The molecule has 0 unspecified atom stereocenters. The van der Waals surface area contributed by atoms with Crippen molar-refractivity contribution in [2.45, 2.75) is 26.5 Å². The van der Waals surface area contributed by atoms with Crippen molar-refractivity contribution in [2.75, 3.05) is 13.2 Å². The molecule has 17 heavy (non-hydrogen) atoms. The largest absolute Gasteiger partial charge is 0.392 e. The van der Waals surface area contributed by atoms with Gasteiger partial charge in [-0.05, 0) is 18.1 Å². The number of carbonyl (C=O) groups excluding carboxylic acids is 1. The Bertz CT molecular complexity index is 352. The van der Waals surface area contributed by atoms with Gasteiger partial charge in [-0.3, -0.25) is 4.79 Å². The quantitative estimate of drug-likeness (QED) is 0.701. The topological polar surface area (TPSA) is 58.6 Å². The van der Waals surface area contributed by atoms with E-state index in [9.17, 15) is 4.79 Å². The molecule has 1 rings (SSSR count). The van der Waals surface area contributed by atoms with E-state index < -0.39 is 0 Å². The summed E-state index contributed by atoms with van der Waals surface area (Å²) in [5.74, 6) is -0.0359. The Morgan fingerprint density at radius 3 is 2.71 bits per heavy atom. The molecule has 0 aliphatic carbocycles. The van der Waals surface area contributed by atoms with Crippen LogP contribution in [-0.2, 0) is 22.7 Å². The molecule has 94 valence electrons. The molecule has 4 nitrogen and oxygen atoms in total. The number of aliphatic hydroxyl groups is 1. The van der Waals surface area contributed by atoms with Gasteiger partial charge in [0.1, 0.15) is 0 Å². The highest BCUT2D eigenvalue weighted by Crippen LogP contribution is 2.07. The summed E-state index contributed by atoms with van der Waals surface area (Å²) in [7, 11) is 0. The number of nitrogens with one attached hydrogen (secondary N) is 1. The average molecular weight is 237 g/mol. The lowest BCUT2D eigenvalue weighted by Gasteiger charge is -2.08. The van der Waals surface area contributed by atoms with Gasteiger partial charge in [0, 0.05) is 19.6 Å². The first-order valence-corrected chi connectivity index (χ1v) is 5.80. The summed E-state index contributed by atoms with van der Waals surface area (Å²) in [5.41, 5.74) is 1.79. The van der Waals surface area contributed by atoms with Crippen molar-refractivity contribution in [2.24, 2.45) is 0 Å². The number of benzene rings is 1. The van der Waals surface area contributed by atoms with Crippen molar-refractivity contribution in [1.29, 1.82) is 0 Å². The number of carbonyl (C=O) groups is 1. The molecular formula is C13H19NO3. The highest BCUT2D eigenvalue weighted by molar-refractivity contribution is 5.75. The Labute approximate surface area is 102 Å². The second-order valence-corrected chi connectivity index (χ2v) is 3.65. The van der Waals surface area contributed by atoms with Crippen LogP contribution < -0.4 is 5.32 Å². The summed E-state index contributed by atoms with van der Waals surface area (Å²) in [6, 6.07) is 7.50. The van der Waals surface area contributed by atoms with E-state index in [1.165, 1.54) is 0 Å². The second-order valence-electron chi connectivity index (χ2n) is 3.65. The van der Waals surface area contributed by atoms with Crippen molar-refractivity contribution in [3.63, 3.8) is 0 Å². The normalized spacial score (nSPS) is 10.2. The number of aliphatic hydroxyl groups excluding tert-OH is 1. The molecule has 0 heterocycles. The van der Waals surface area contributed by atoms with Crippen LogP contribution in [0.25, 0.3) is 0 Å². The maximum absolute atomic E-state index is 11.4. The van der Waals surface area contributed by atoms with Gasteiger partial charge < -0.3 is 15.2 Å². The second kappa shape index (κ2) is 7.81. The highest BCUT2D eigenvalue weighted by Gasteiger charge is 2.03. The van der Waals surface area contributed by atoms with Crippen LogP contribution in [0.15, 0.2) is 24.3 Å². The molecule has 0 atom stereocenters. The predicted octanol–water partition coefficient (Wildman–Crippen LogP) is 1.22. The average Bonchev–Trinajstić information content (AvgIpc) is 2.37. The fraction of sp³-hybridized carbons (Fsp3) is 0.462. The summed E-state index contributed by atoms with van der Waals surface area (Å²) in [4.78, 5) is 11.4. The number of hydrogen-bond donors (Lipinski definition) is 2. The van der Waals surface area contributed by atoms with E-state index >= 15 is 0 Å². The Hall–Kier alpha value is -1.39. The van der Waals surface area contributed by atoms with Gasteiger partial charge in [-0.1, -0.05) is 24.3 Å². The Morgan fingerprint density at radius 2 is 2.06 bits per heavy atom. The van der Waals surface area contributed by atoms with Gasteiger partial charge in [0.05, 0.1) is 13.2 Å². The lowest BCUT2D eigenvalue weighted by molar-refractivity contribution is -0.122. The molecular weight excluding hydrogens is 218 g/mol. The minimum absolute atomic E-state index is 0.00894. The molecule has 0 aliphatic heterocycles. The summed E-state index contributed by atoms with van der Waals surface area (Å²) in [6.07, 6.45) is 0.370. The monoisotopic (exact) mass is 237 g/mol. The van der Waals surface area contributed by atoms with Crippen molar-refractivity contribution < 1.29 is 14.6 Å². The van der Waals surface area contributed by atoms with Gasteiger partial charge in [-0.2, -0.15) is 0 Å². The Morgan fingerprint density at radius 1 is 1.35 bits per heavy atom. The first kappa shape index (κ1) is 13.7. The van der Waals surface area contributed by atoms with Crippen LogP contribution in [0.1, 0.15) is 24.5 Å². The molecule has 0 spiro atoms. The van der Waals surface area contributed by atoms with E-state index in [1.807, 2.05) is 31.2 Å². The first-order chi connectivity index (χ1) is 8.27. The number of rotatable bonds is 7. The van der Waals surface area contributed by atoms with Gasteiger partial charge >= 0.3 is 0 Å². The van der Waals surface area contributed by atoms with Gasteiger partial charge in [-0.25, -0.2) is 0 Å². The summed E-state index contributed by atoms with van der Waals surface area (Å²) < 4.78 is 5.10. The minimum atomic E-state index is -0.0359. The smallest absolute Gasteiger partial charge is 0.222 e. The van der Waals surface area contributed by atoms with Gasteiger partial charge in [0.25, 0.3) is 0 Å². The molecule has 0 aromatic heterocycles. The Kier molecular flexibility index (Phi) is 6.29. The summed E-state index contributed by atoms with van der Waals surface area (Å²) in [6.45, 7) is 3.41. The van der Waals surface area contributed by atoms with E-state index in [1.54, 1.807) is 0 Å². The predicted molar refractivity (Wildman–Crippen MR) is 65.3 cm³/mol. The SMILES string of the molecule is CCOCCC(=O)NCc1ccccc1CO. The molecule has 1 aromatic carbocycles. The van der Waals surface area contributed by atoms with Gasteiger partial charge in [0.2, 0.25) is 5.91 Å². The summed E-state index contributed by atoms with van der Waals surface area (Å²) >= 11 is 0. The van der Waals surface area contributed by atoms with E-state index in [0.717, 1.165) is 11.1 Å². The van der Waals surface area contributed by atoms with E-state index in [0.29, 0.717) is 26.2 Å². The first-order valence-electron chi connectivity index (χ1n) is 5.80. The van der Waals surface area contributed by atoms with E-state index in [-0.39, 0.29) is 12.5 Å². The molecule has 1 amide bonds. The van der Waals surface area contributed by atoms with Crippen LogP contribution in [0, 0.1) is 0 Å². The standard InChI is InChI=1S/C13H19NO3/c1-2-17-8-7-13(16)14-9-11-5-3-4-6-12(11)10-15/h3-6,15H,2,7-10H2,1H3,(H,14,16). The van der Waals surface area contributed by atoms with E-state index in [4.69, 9.17) is 9.84 Å². The molecule has 1 aromatic rings. The highest BCUT2D eigenvalue weighted by atomic mass is 16.5. The molecule has 0 saturated carbocycles. The number of ether oxygens (including phenoxy) is 1. The molecule has 0 aliphatic rings. The third kappa shape index (κ3) is 4.97. The zero-order valence-corrected chi connectivity index (χ0v) is 10.1. The van der Waals surface area contributed by atoms with Gasteiger partial charge in [-0.15, -0.1) is 0 Å².